The molecule has 1 amide bonds. The summed E-state index contributed by atoms with van der Waals surface area (Å²) in [4.78, 5) is 17.8. The number of nitrogens with one attached hydrogen (secondary N) is 1. The summed E-state index contributed by atoms with van der Waals surface area (Å²) >= 11 is 0. The largest absolute Gasteiger partial charge is 0.394 e. The average Bonchev–Trinajstić information content (AvgIpc) is 2.46. The third-order valence-electron chi connectivity index (χ3n) is 2.84. The number of aliphatic hydroxyl groups is 1. The lowest BCUT2D eigenvalue weighted by Gasteiger charge is -2.32. The van der Waals surface area contributed by atoms with Crippen LogP contribution in [0.4, 0.5) is 5.69 Å². The molecule has 7 heteroatoms. The van der Waals surface area contributed by atoms with Crippen molar-refractivity contribution in [2.45, 2.75) is 6.10 Å². The second-order valence-corrected chi connectivity index (χ2v) is 3.99. The number of ether oxygens (including phenoxy) is 1. The van der Waals surface area contributed by atoms with Gasteiger partial charge in [-0.2, -0.15) is 0 Å². The summed E-state index contributed by atoms with van der Waals surface area (Å²) in [5, 5.41) is 9.05. The summed E-state index contributed by atoms with van der Waals surface area (Å²) in [7, 11) is 0. The Hall–Kier alpha value is -1.70. The molecule has 1 aromatic heterocycles. The summed E-state index contributed by atoms with van der Waals surface area (Å²) < 4.78 is 5.30. The predicted molar refractivity (Wildman–Crippen MR) is 64.8 cm³/mol. The molecule has 1 saturated heterocycles. The monoisotopic (exact) mass is 252 g/mol. The van der Waals surface area contributed by atoms with Crippen LogP contribution in [0.1, 0.15) is 10.4 Å². The maximum absolute atomic E-state index is 12.3. The third kappa shape index (κ3) is 2.58. The summed E-state index contributed by atoms with van der Waals surface area (Å²) in [6, 6.07) is 1.64. The molecule has 0 spiro atoms. The minimum Gasteiger partial charge on any atom is -0.394 e. The number of aromatic nitrogens is 1. The van der Waals surface area contributed by atoms with Gasteiger partial charge in [-0.15, -0.1) is 0 Å². The quantitative estimate of drug-likeness (QED) is 0.481. The van der Waals surface area contributed by atoms with Crippen molar-refractivity contribution in [2.24, 2.45) is 5.84 Å². The molecule has 0 aromatic carbocycles. The first-order valence-corrected chi connectivity index (χ1v) is 5.68. The minimum atomic E-state index is -0.325. The van der Waals surface area contributed by atoms with Crippen molar-refractivity contribution < 1.29 is 14.6 Å². The van der Waals surface area contributed by atoms with Gasteiger partial charge in [-0.1, -0.05) is 0 Å². The van der Waals surface area contributed by atoms with Gasteiger partial charge in [0.25, 0.3) is 5.91 Å². The van der Waals surface area contributed by atoms with Crippen LogP contribution in [-0.2, 0) is 4.74 Å². The molecule has 1 aliphatic rings. The number of aliphatic hydroxyl groups excluding tert-OH is 1. The van der Waals surface area contributed by atoms with E-state index in [9.17, 15) is 4.79 Å². The van der Waals surface area contributed by atoms with Crippen LogP contribution in [0.2, 0.25) is 0 Å². The Morgan fingerprint density at radius 2 is 2.56 bits per heavy atom. The number of nitrogens with zero attached hydrogens (tertiary/aromatic N) is 2. The highest BCUT2D eigenvalue weighted by Crippen LogP contribution is 2.16. The Kier molecular flexibility index (Phi) is 4.08. The van der Waals surface area contributed by atoms with Crippen LogP contribution in [0.5, 0.6) is 0 Å². The van der Waals surface area contributed by atoms with Crippen LogP contribution in [-0.4, -0.2) is 53.3 Å². The first kappa shape index (κ1) is 12.7. The number of hydrazine groups is 1. The second-order valence-electron chi connectivity index (χ2n) is 3.99. The van der Waals surface area contributed by atoms with Crippen molar-refractivity contribution in [3.05, 3.63) is 24.0 Å². The van der Waals surface area contributed by atoms with Gasteiger partial charge in [0.2, 0.25) is 0 Å². The van der Waals surface area contributed by atoms with E-state index < -0.39 is 0 Å². The lowest BCUT2D eigenvalue weighted by atomic mass is 10.2. The van der Waals surface area contributed by atoms with Crippen LogP contribution in [0, 0.1) is 0 Å². The number of carbonyl (C=O) groups is 1. The maximum Gasteiger partial charge on any atom is 0.257 e. The van der Waals surface area contributed by atoms with E-state index in [4.69, 9.17) is 15.7 Å². The number of pyridine rings is 1. The molecule has 0 radical (unpaired) electrons. The zero-order valence-corrected chi connectivity index (χ0v) is 9.87. The number of hydrogen-bond acceptors (Lipinski definition) is 6. The normalized spacial score (nSPS) is 19.7. The highest BCUT2D eigenvalue weighted by molar-refractivity contribution is 5.99. The average molecular weight is 252 g/mol. The number of hydrogen-bond donors (Lipinski definition) is 3. The molecule has 98 valence electrons. The summed E-state index contributed by atoms with van der Waals surface area (Å²) in [6.07, 6.45) is 2.71. The van der Waals surface area contributed by atoms with E-state index in [-0.39, 0.29) is 18.6 Å². The van der Waals surface area contributed by atoms with Gasteiger partial charge >= 0.3 is 0 Å². The molecule has 0 aliphatic carbocycles. The third-order valence-corrected chi connectivity index (χ3v) is 2.84. The summed E-state index contributed by atoms with van der Waals surface area (Å²) in [6.45, 7) is 1.18. The van der Waals surface area contributed by atoms with Gasteiger partial charge in [-0.3, -0.25) is 15.6 Å². The van der Waals surface area contributed by atoms with Crippen LogP contribution >= 0.6 is 0 Å². The van der Waals surface area contributed by atoms with Crippen molar-refractivity contribution in [1.82, 2.24) is 9.88 Å². The van der Waals surface area contributed by atoms with E-state index in [1.165, 1.54) is 6.20 Å². The van der Waals surface area contributed by atoms with Crippen LogP contribution in [0.3, 0.4) is 0 Å². The molecule has 7 nitrogen and oxygen atoms in total. The Balaban J connectivity index is 2.15. The number of anilines is 1. The highest BCUT2D eigenvalue weighted by Gasteiger charge is 2.25. The number of morpholine rings is 1. The van der Waals surface area contributed by atoms with Crippen molar-refractivity contribution in [1.29, 1.82) is 0 Å². The van der Waals surface area contributed by atoms with Crippen molar-refractivity contribution >= 4 is 11.6 Å². The zero-order chi connectivity index (χ0) is 13.0. The maximum atomic E-state index is 12.3. The van der Waals surface area contributed by atoms with Crippen molar-refractivity contribution in [3.63, 3.8) is 0 Å². The molecule has 18 heavy (non-hydrogen) atoms. The summed E-state index contributed by atoms with van der Waals surface area (Å²) in [5.41, 5.74) is 3.42. The molecule has 1 fully saturated rings. The molecule has 0 bridgehead atoms. The molecular formula is C11H16N4O3. The molecule has 1 aliphatic heterocycles. The van der Waals surface area contributed by atoms with E-state index in [0.29, 0.717) is 30.9 Å². The zero-order valence-electron chi connectivity index (χ0n) is 9.87. The molecule has 2 heterocycles. The molecule has 1 atom stereocenters. The van der Waals surface area contributed by atoms with E-state index in [2.05, 4.69) is 10.4 Å². The first-order chi connectivity index (χ1) is 8.76. The van der Waals surface area contributed by atoms with Crippen LogP contribution < -0.4 is 11.3 Å². The van der Waals surface area contributed by atoms with Crippen molar-refractivity contribution in [3.8, 4) is 0 Å². The Labute approximate surface area is 105 Å². The van der Waals surface area contributed by atoms with Gasteiger partial charge in [-0.25, -0.2) is 0 Å². The molecule has 1 aromatic rings. The topological polar surface area (TPSA) is 101 Å². The molecule has 2 rings (SSSR count). The smallest absolute Gasteiger partial charge is 0.257 e. The number of nitrogen functional groups attached to an aromatic ring is 1. The molecule has 1 unspecified atom stereocenters. The Bertz CT molecular complexity index is 427. The molecular weight excluding hydrogens is 236 g/mol. The lowest BCUT2D eigenvalue weighted by Crippen LogP contribution is -2.47. The number of carbonyl (C=O) groups excluding carboxylic acids is 1. The fourth-order valence-corrected chi connectivity index (χ4v) is 1.88. The highest BCUT2D eigenvalue weighted by atomic mass is 16.5. The predicted octanol–water partition coefficient (Wildman–Crippen LogP) is -0.800. The van der Waals surface area contributed by atoms with Crippen LogP contribution in [0.15, 0.2) is 18.5 Å². The lowest BCUT2D eigenvalue weighted by molar-refractivity contribution is -0.0447. The Morgan fingerprint density at radius 3 is 3.28 bits per heavy atom. The van der Waals surface area contributed by atoms with Gasteiger partial charge < -0.3 is 20.2 Å². The molecule has 4 N–H and O–H groups in total. The SMILES string of the molecule is NNc1ccncc1C(=O)N1CCOC(CO)C1. The summed E-state index contributed by atoms with van der Waals surface area (Å²) in [5.74, 6) is 5.19. The van der Waals surface area contributed by atoms with Gasteiger partial charge in [0.05, 0.1) is 30.6 Å². The number of amides is 1. The van der Waals surface area contributed by atoms with Gasteiger partial charge in [-0.05, 0) is 6.07 Å². The minimum absolute atomic E-state index is 0.0984. The van der Waals surface area contributed by atoms with E-state index >= 15 is 0 Å². The fourth-order valence-electron chi connectivity index (χ4n) is 1.88. The Morgan fingerprint density at radius 1 is 1.72 bits per heavy atom. The van der Waals surface area contributed by atoms with Crippen molar-refractivity contribution in [2.75, 3.05) is 31.7 Å². The standard InChI is InChI=1S/C11H16N4O3/c12-14-10-1-2-13-5-9(10)11(17)15-3-4-18-8(6-15)7-16/h1-2,5,8,16H,3-4,6-7,12H2,(H,13,14). The number of rotatable bonds is 3. The first-order valence-electron chi connectivity index (χ1n) is 5.68. The van der Waals surface area contributed by atoms with E-state index in [1.54, 1.807) is 17.2 Å². The van der Waals surface area contributed by atoms with E-state index in [0.717, 1.165) is 0 Å². The van der Waals surface area contributed by atoms with E-state index in [1.807, 2.05) is 0 Å². The van der Waals surface area contributed by atoms with Crippen LogP contribution in [0.25, 0.3) is 0 Å². The molecule has 0 saturated carbocycles. The van der Waals surface area contributed by atoms with Gasteiger partial charge in [0.1, 0.15) is 0 Å². The second kappa shape index (κ2) is 5.76. The van der Waals surface area contributed by atoms with Gasteiger partial charge in [0.15, 0.2) is 0 Å². The fraction of sp³-hybridized carbons (Fsp3) is 0.455. The van der Waals surface area contributed by atoms with Gasteiger partial charge in [0, 0.05) is 25.5 Å². The number of nitrogens with two attached hydrogens (primary N) is 1.